The van der Waals surface area contributed by atoms with Crippen molar-refractivity contribution in [3.63, 3.8) is 0 Å². The van der Waals surface area contributed by atoms with Gasteiger partial charge in [0.25, 0.3) is 0 Å². The summed E-state index contributed by atoms with van der Waals surface area (Å²) in [5.74, 6) is 0. The first kappa shape index (κ1) is 14.7. The second-order valence-electron chi connectivity index (χ2n) is 4.58. The zero-order valence-electron chi connectivity index (χ0n) is 8.76. The molecule has 0 spiro atoms. The van der Waals surface area contributed by atoms with E-state index in [4.69, 9.17) is 0 Å². The second kappa shape index (κ2) is 4.29. The van der Waals surface area contributed by atoms with E-state index in [1.165, 1.54) is 0 Å². The molecule has 0 saturated carbocycles. The summed E-state index contributed by atoms with van der Waals surface area (Å²) in [6.07, 6.45) is -3.53. The molecular weight excluding hydrogens is 233 g/mol. The molecule has 0 aromatic carbocycles. The lowest BCUT2D eigenvalue weighted by atomic mass is 9.89. The van der Waals surface area contributed by atoms with Crippen molar-refractivity contribution in [2.45, 2.75) is 45.0 Å². The molecule has 0 aliphatic heterocycles. The van der Waals surface area contributed by atoms with E-state index in [9.17, 15) is 26.1 Å². The Morgan fingerprint density at radius 3 is 1.93 bits per heavy atom. The number of halogens is 3. The van der Waals surface area contributed by atoms with Crippen LogP contribution in [0.4, 0.5) is 13.2 Å². The largest absolute Gasteiger partial charge is 0.743 e. The Hall–Kier alpha value is -0.300. The van der Waals surface area contributed by atoms with Crippen molar-refractivity contribution < 1.29 is 26.1 Å². The van der Waals surface area contributed by atoms with E-state index in [-0.39, 0.29) is 6.42 Å². The lowest BCUT2D eigenvalue weighted by Crippen LogP contribution is -2.39. The summed E-state index contributed by atoms with van der Waals surface area (Å²) in [6, 6.07) is 0. The smallest absolute Gasteiger partial charge is 0.364 e. The fraction of sp³-hybridized carbons (Fsp3) is 1.00. The minimum atomic E-state index is -5.93. The van der Waals surface area contributed by atoms with Crippen LogP contribution in [0.1, 0.15) is 33.6 Å². The highest BCUT2D eigenvalue weighted by molar-refractivity contribution is 7.86. The van der Waals surface area contributed by atoms with Crippen LogP contribution in [-0.2, 0) is 10.1 Å². The zero-order chi connectivity index (χ0) is 12.5. The third kappa shape index (κ3) is 4.38. The van der Waals surface area contributed by atoms with Crippen LogP contribution in [0, 0.1) is 5.41 Å². The summed E-state index contributed by atoms with van der Waals surface area (Å²) < 4.78 is 68.3. The first-order chi connectivity index (χ1) is 6.38. The molecule has 0 aromatic heterocycles. The van der Waals surface area contributed by atoms with Crippen molar-refractivity contribution in [2.75, 3.05) is 0 Å². The molecule has 3 nitrogen and oxygen atoms in total. The van der Waals surface area contributed by atoms with E-state index >= 15 is 0 Å². The van der Waals surface area contributed by atoms with Gasteiger partial charge in [-0.25, -0.2) is 12.8 Å². The number of hydrogen-bond acceptors (Lipinski definition) is 3. The monoisotopic (exact) mass is 247 g/mol. The molecule has 0 aliphatic carbocycles. The predicted octanol–water partition coefficient (Wildman–Crippen LogP) is 2.29. The van der Waals surface area contributed by atoms with Gasteiger partial charge in [0.1, 0.15) is 0 Å². The minimum Gasteiger partial charge on any atom is -0.743 e. The fourth-order valence-corrected chi connectivity index (χ4v) is 1.32. The highest BCUT2D eigenvalue weighted by Gasteiger charge is 2.47. The molecule has 0 aliphatic rings. The predicted molar refractivity (Wildman–Crippen MR) is 48.2 cm³/mol. The van der Waals surface area contributed by atoms with Gasteiger partial charge in [0.05, 0.1) is 0 Å². The van der Waals surface area contributed by atoms with Crippen molar-refractivity contribution >= 4 is 10.1 Å². The van der Waals surface area contributed by atoms with Gasteiger partial charge in [-0.05, 0) is 18.3 Å². The van der Waals surface area contributed by atoms with Crippen LogP contribution in [0.15, 0.2) is 0 Å². The van der Waals surface area contributed by atoms with Crippen LogP contribution in [-0.4, -0.2) is 24.4 Å². The van der Waals surface area contributed by atoms with Gasteiger partial charge in [-0.15, -0.1) is 0 Å². The van der Waals surface area contributed by atoms with E-state index < -0.39 is 33.4 Å². The van der Waals surface area contributed by atoms with Crippen molar-refractivity contribution in [3.8, 4) is 0 Å². The molecule has 1 unspecified atom stereocenters. The Kier molecular flexibility index (Phi) is 4.20. The molecule has 0 heterocycles. The maximum Gasteiger partial charge on any atom is 0.364 e. The van der Waals surface area contributed by atoms with Gasteiger partial charge in [-0.2, -0.15) is 8.78 Å². The van der Waals surface area contributed by atoms with Gasteiger partial charge >= 0.3 is 5.25 Å². The standard InChI is InChI=1S/C8H15F3O3S/c1-7(2,3)5-4-6(9)8(10,11)15(12,13)14/h6H,4-5H2,1-3H3,(H,12,13,14)/p-1. The normalized spacial score (nSPS) is 16.5. The first-order valence-electron chi connectivity index (χ1n) is 4.35. The molecule has 1 atom stereocenters. The van der Waals surface area contributed by atoms with Gasteiger partial charge in [0, 0.05) is 0 Å². The lowest BCUT2D eigenvalue weighted by Gasteiger charge is -2.26. The van der Waals surface area contributed by atoms with Gasteiger partial charge in [-0.3, -0.25) is 0 Å². The van der Waals surface area contributed by atoms with Gasteiger partial charge < -0.3 is 4.55 Å². The molecule has 0 bridgehead atoms. The Morgan fingerprint density at radius 1 is 1.27 bits per heavy atom. The summed E-state index contributed by atoms with van der Waals surface area (Å²) in [4.78, 5) is 0. The quantitative estimate of drug-likeness (QED) is 0.716. The molecule has 0 amide bonds. The van der Waals surface area contributed by atoms with Crippen LogP contribution >= 0.6 is 0 Å². The Bertz CT molecular complexity index is 306. The van der Waals surface area contributed by atoms with Gasteiger partial charge in [-0.1, -0.05) is 20.8 Å². The number of alkyl halides is 3. The second-order valence-corrected chi connectivity index (χ2v) is 6.04. The summed E-state index contributed by atoms with van der Waals surface area (Å²) in [5, 5.41) is -4.84. The van der Waals surface area contributed by atoms with Crippen molar-refractivity contribution in [2.24, 2.45) is 5.41 Å². The lowest BCUT2D eigenvalue weighted by molar-refractivity contribution is -0.0110. The fourth-order valence-electron chi connectivity index (χ4n) is 0.884. The minimum absolute atomic E-state index is 0.0687. The van der Waals surface area contributed by atoms with Crippen molar-refractivity contribution in [3.05, 3.63) is 0 Å². The molecule has 7 heteroatoms. The highest BCUT2D eigenvalue weighted by Crippen LogP contribution is 2.33. The average Bonchev–Trinajstić information content (AvgIpc) is 1.96. The summed E-state index contributed by atoms with van der Waals surface area (Å²) in [5.41, 5.74) is -0.396. The van der Waals surface area contributed by atoms with Crippen LogP contribution < -0.4 is 0 Å². The van der Waals surface area contributed by atoms with Crippen molar-refractivity contribution in [1.29, 1.82) is 0 Å². The summed E-state index contributed by atoms with van der Waals surface area (Å²) >= 11 is 0. The van der Waals surface area contributed by atoms with E-state index in [1.807, 2.05) is 0 Å². The number of hydrogen-bond donors (Lipinski definition) is 0. The Morgan fingerprint density at radius 2 is 1.67 bits per heavy atom. The van der Waals surface area contributed by atoms with Gasteiger partial charge in [0.2, 0.25) is 0 Å². The Balaban J connectivity index is 4.54. The van der Waals surface area contributed by atoms with Crippen LogP contribution in [0.3, 0.4) is 0 Å². The van der Waals surface area contributed by atoms with E-state index in [0.717, 1.165) is 0 Å². The molecular formula is C8H14F3O3S-. The maximum absolute atomic E-state index is 12.9. The Labute approximate surface area is 87.4 Å². The van der Waals surface area contributed by atoms with Crippen molar-refractivity contribution in [1.82, 2.24) is 0 Å². The maximum atomic E-state index is 12.9. The van der Waals surface area contributed by atoms with Crippen LogP contribution in [0.25, 0.3) is 0 Å². The molecule has 0 saturated heterocycles. The molecule has 0 rings (SSSR count). The zero-order valence-corrected chi connectivity index (χ0v) is 9.57. The van der Waals surface area contributed by atoms with E-state index in [0.29, 0.717) is 0 Å². The average molecular weight is 247 g/mol. The van der Waals surface area contributed by atoms with E-state index in [2.05, 4.69) is 0 Å². The van der Waals surface area contributed by atoms with E-state index in [1.54, 1.807) is 20.8 Å². The SMILES string of the molecule is CC(C)(C)CCC(F)C(F)(F)S(=O)(=O)[O-]. The summed E-state index contributed by atoms with van der Waals surface area (Å²) in [6.45, 7) is 5.09. The molecule has 0 aromatic rings. The topological polar surface area (TPSA) is 57.2 Å². The molecule has 0 N–H and O–H groups in total. The molecule has 0 fully saturated rings. The summed E-state index contributed by atoms with van der Waals surface area (Å²) in [7, 11) is -5.93. The highest BCUT2D eigenvalue weighted by atomic mass is 32.2. The third-order valence-electron chi connectivity index (χ3n) is 1.85. The third-order valence-corrected chi connectivity index (χ3v) is 2.77. The molecule has 0 radical (unpaired) electrons. The van der Waals surface area contributed by atoms with Crippen LogP contribution in [0.2, 0.25) is 0 Å². The molecule has 92 valence electrons. The van der Waals surface area contributed by atoms with Crippen LogP contribution in [0.5, 0.6) is 0 Å². The number of rotatable bonds is 4. The first-order valence-corrected chi connectivity index (χ1v) is 5.76. The van der Waals surface area contributed by atoms with Gasteiger partial charge in [0.15, 0.2) is 16.3 Å². The molecule has 15 heavy (non-hydrogen) atoms.